The normalized spacial score (nSPS) is 10.4. The number of halogens is 2. The van der Waals surface area contributed by atoms with Crippen molar-refractivity contribution in [2.24, 2.45) is 5.73 Å². The molecule has 7 heteroatoms. The molecule has 1 aromatic heterocycles. The summed E-state index contributed by atoms with van der Waals surface area (Å²) in [4.78, 5) is 19.0. The van der Waals surface area contributed by atoms with Crippen molar-refractivity contribution in [2.75, 3.05) is 0 Å². The van der Waals surface area contributed by atoms with Crippen molar-refractivity contribution in [2.45, 2.75) is 0 Å². The predicted octanol–water partition coefficient (Wildman–Crippen LogP) is 3.83. The molecule has 120 valence electrons. The van der Waals surface area contributed by atoms with Crippen LogP contribution in [0.3, 0.4) is 0 Å². The Morgan fingerprint density at radius 3 is 2.54 bits per heavy atom. The van der Waals surface area contributed by atoms with E-state index in [2.05, 4.69) is 9.97 Å². The Bertz CT molecular complexity index is 901. The highest BCUT2D eigenvalue weighted by Crippen LogP contribution is 2.30. The molecule has 0 fully saturated rings. The summed E-state index contributed by atoms with van der Waals surface area (Å²) >= 11 is 5.93. The summed E-state index contributed by atoms with van der Waals surface area (Å²) < 4.78 is 18.6. The summed E-state index contributed by atoms with van der Waals surface area (Å²) in [6.07, 6.45) is 1.46. The van der Waals surface area contributed by atoms with E-state index in [0.717, 1.165) is 5.56 Å². The van der Waals surface area contributed by atoms with Gasteiger partial charge in [0, 0.05) is 11.8 Å². The van der Waals surface area contributed by atoms with Gasteiger partial charge >= 0.3 is 0 Å². The maximum absolute atomic E-state index is 13.0. The first-order valence-corrected chi connectivity index (χ1v) is 7.27. The van der Waals surface area contributed by atoms with Crippen LogP contribution in [0.5, 0.6) is 11.5 Å². The predicted molar refractivity (Wildman–Crippen MR) is 87.5 cm³/mol. The van der Waals surface area contributed by atoms with Gasteiger partial charge in [0.1, 0.15) is 17.3 Å². The minimum atomic E-state index is -0.692. The van der Waals surface area contributed by atoms with Gasteiger partial charge in [-0.25, -0.2) is 14.4 Å². The molecule has 2 N–H and O–H groups in total. The fraction of sp³-hybridized carbons (Fsp3) is 0. The van der Waals surface area contributed by atoms with Crippen LogP contribution in [0, 0.1) is 5.82 Å². The zero-order valence-corrected chi connectivity index (χ0v) is 13.0. The summed E-state index contributed by atoms with van der Waals surface area (Å²) in [7, 11) is 0. The smallest absolute Gasteiger partial charge is 0.286 e. The van der Waals surface area contributed by atoms with Gasteiger partial charge in [-0.1, -0.05) is 11.6 Å². The lowest BCUT2D eigenvalue weighted by Gasteiger charge is -2.08. The maximum Gasteiger partial charge on any atom is 0.286 e. The second-order valence-electron chi connectivity index (χ2n) is 4.83. The molecule has 5 nitrogen and oxygen atoms in total. The van der Waals surface area contributed by atoms with Crippen molar-refractivity contribution in [3.05, 3.63) is 71.4 Å². The van der Waals surface area contributed by atoms with Crippen LogP contribution in [0.4, 0.5) is 4.39 Å². The molecule has 0 atom stereocenters. The monoisotopic (exact) mass is 343 g/mol. The van der Waals surface area contributed by atoms with Gasteiger partial charge in [0.15, 0.2) is 0 Å². The summed E-state index contributed by atoms with van der Waals surface area (Å²) in [5.74, 6) is -0.300. The zero-order valence-electron chi connectivity index (χ0n) is 12.2. The van der Waals surface area contributed by atoms with Crippen molar-refractivity contribution in [3.63, 3.8) is 0 Å². The first-order valence-electron chi connectivity index (χ1n) is 6.89. The van der Waals surface area contributed by atoms with E-state index in [1.165, 1.54) is 24.4 Å². The van der Waals surface area contributed by atoms with E-state index in [-0.39, 0.29) is 10.8 Å². The van der Waals surface area contributed by atoms with Crippen LogP contribution in [-0.2, 0) is 0 Å². The number of nitrogens with two attached hydrogens (primary N) is 1. The fourth-order valence-corrected chi connectivity index (χ4v) is 2.22. The van der Waals surface area contributed by atoms with E-state index in [1.54, 1.807) is 30.3 Å². The number of benzene rings is 2. The third-order valence-electron chi connectivity index (χ3n) is 3.15. The van der Waals surface area contributed by atoms with E-state index in [9.17, 15) is 9.18 Å². The molecule has 2 aromatic carbocycles. The average molecular weight is 344 g/mol. The fourth-order valence-electron chi connectivity index (χ4n) is 2.02. The molecule has 0 saturated heterocycles. The molecule has 3 rings (SSSR count). The van der Waals surface area contributed by atoms with Crippen molar-refractivity contribution < 1.29 is 13.9 Å². The number of aromatic nitrogens is 2. The average Bonchev–Trinajstić information content (AvgIpc) is 2.58. The quantitative estimate of drug-likeness (QED) is 0.781. The van der Waals surface area contributed by atoms with Crippen LogP contribution < -0.4 is 10.5 Å². The van der Waals surface area contributed by atoms with Crippen molar-refractivity contribution in [1.29, 1.82) is 0 Å². The molecule has 1 heterocycles. The van der Waals surface area contributed by atoms with Crippen LogP contribution in [-0.4, -0.2) is 15.9 Å². The van der Waals surface area contributed by atoms with Crippen LogP contribution >= 0.6 is 11.6 Å². The Kier molecular flexibility index (Phi) is 4.39. The highest BCUT2D eigenvalue weighted by atomic mass is 35.5. The third-order valence-corrected chi connectivity index (χ3v) is 3.44. The minimum absolute atomic E-state index is 0.0501. The summed E-state index contributed by atoms with van der Waals surface area (Å²) in [6, 6.07) is 12.5. The molecule has 0 aliphatic carbocycles. The zero-order chi connectivity index (χ0) is 17.1. The van der Waals surface area contributed by atoms with Crippen molar-refractivity contribution in [3.8, 4) is 22.8 Å². The van der Waals surface area contributed by atoms with Crippen molar-refractivity contribution in [1.82, 2.24) is 9.97 Å². The molecular weight excluding hydrogens is 333 g/mol. The molecule has 0 radical (unpaired) electrons. The Hall–Kier alpha value is -2.99. The molecule has 0 saturated carbocycles. The van der Waals surface area contributed by atoms with Crippen LogP contribution in [0.2, 0.25) is 5.02 Å². The van der Waals surface area contributed by atoms with Gasteiger partial charge in [-0.15, -0.1) is 0 Å². The van der Waals surface area contributed by atoms with Crippen molar-refractivity contribution >= 4 is 17.5 Å². The molecule has 0 aliphatic rings. The van der Waals surface area contributed by atoms with Crippen LogP contribution in [0.25, 0.3) is 11.3 Å². The highest BCUT2D eigenvalue weighted by molar-refractivity contribution is 6.32. The Morgan fingerprint density at radius 2 is 1.88 bits per heavy atom. The van der Waals surface area contributed by atoms with Gasteiger partial charge in [0.05, 0.1) is 10.7 Å². The van der Waals surface area contributed by atoms with E-state index < -0.39 is 11.7 Å². The molecule has 0 unspecified atom stereocenters. The van der Waals surface area contributed by atoms with Gasteiger partial charge < -0.3 is 10.5 Å². The van der Waals surface area contributed by atoms with Gasteiger partial charge in [-0.05, 0) is 48.5 Å². The van der Waals surface area contributed by atoms with Gasteiger partial charge in [0.25, 0.3) is 5.91 Å². The number of amides is 1. The number of carbonyl (C=O) groups is 1. The minimum Gasteiger partial charge on any atom is -0.456 e. The van der Waals surface area contributed by atoms with Gasteiger partial charge in [-0.3, -0.25) is 4.79 Å². The number of nitrogens with zero attached hydrogens (tertiary/aromatic N) is 2. The largest absolute Gasteiger partial charge is 0.456 e. The number of ether oxygens (including phenoxy) is 1. The molecule has 0 spiro atoms. The second kappa shape index (κ2) is 6.64. The summed E-state index contributed by atoms with van der Waals surface area (Å²) in [6.45, 7) is 0. The van der Waals surface area contributed by atoms with Gasteiger partial charge in [-0.2, -0.15) is 0 Å². The maximum atomic E-state index is 13.0. The van der Waals surface area contributed by atoms with Crippen LogP contribution in [0.1, 0.15) is 10.6 Å². The third kappa shape index (κ3) is 3.49. The Balaban J connectivity index is 1.83. The topological polar surface area (TPSA) is 78.1 Å². The molecule has 24 heavy (non-hydrogen) atoms. The van der Waals surface area contributed by atoms with Crippen LogP contribution in [0.15, 0.2) is 54.7 Å². The standard InChI is InChI=1S/C17H11ClFN3O2/c18-13-9-11(19)3-6-15(13)24-12-4-1-10(2-5-12)14-7-8-21-17(22-14)16(20)23/h1-9H,(H2,20,23). The molecule has 0 bridgehead atoms. The number of primary amides is 1. The summed E-state index contributed by atoms with van der Waals surface area (Å²) in [5, 5.41) is 0.181. The number of carbonyl (C=O) groups excluding carboxylic acids is 1. The Morgan fingerprint density at radius 1 is 1.12 bits per heavy atom. The first-order chi connectivity index (χ1) is 11.5. The number of hydrogen-bond donors (Lipinski definition) is 1. The highest BCUT2D eigenvalue weighted by Gasteiger charge is 2.08. The second-order valence-corrected chi connectivity index (χ2v) is 5.24. The lowest BCUT2D eigenvalue weighted by atomic mass is 10.1. The first kappa shape index (κ1) is 15.9. The molecule has 1 amide bonds. The van der Waals surface area contributed by atoms with E-state index in [4.69, 9.17) is 22.1 Å². The molecular formula is C17H11ClFN3O2. The Labute approximate surface area is 141 Å². The number of rotatable bonds is 4. The lowest BCUT2D eigenvalue weighted by molar-refractivity contribution is 0.0990. The number of hydrogen-bond acceptors (Lipinski definition) is 4. The molecule has 3 aromatic rings. The molecule has 0 aliphatic heterocycles. The van der Waals surface area contributed by atoms with Gasteiger partial charge in [0.2, 0.25) is 5.82 Å². The summed E-state index contributed by atoms with van der Waals surface area (Å²) in [5.41, 5.74) is 6.49. The lowest BCUT2D eigenvalue weighted by Crippen LogP contribution is -2.15. The van der Waals surface area contributed by atoms with E-state index in [1.807, 2.05) is 0 Å². The SMILES string of the molecule is NC(=O)c1nccc(-c2ccc(Oc3ccc(F)cc3Cl)cc2)n1. The van der Waals surface area contributed by atoms with E-state index >= 15 is 0 Å². The van der Waals surface area contributed by atoms with E-state index in [0.29, 0.717) is 17.2 Å².